The van der Waals surface area contributed by atoms with Crippen LogP contribution in [0.5, 0.6) is 0 Å². The number of benzene rings is 3. The molecule has 24 heavy (non-hydrogen) atoms. The van der Waals surface area contributed by atoms with Crippen molar-refractivity contribution in [3.05, 3.63) is 78.4 Å². The molecular weight excluding hydrogens is 302 g/mol. The second kappa shape index (κ2) is 7.28. The van der Waals surface area contributed by atoms with Crippen molar-refractivity contribution in [1.29, 1.82) is 0 Å². The Hall–Kier alpha value is -3.34. The topological polar surface area (TPSA) is 70.2 Å². The van der Waals surface area contributed by atoms with Crippen molar-refractivity contribution in [1.82, 2.24) is 10.9 Å². The Balaban J connectivity index is 1.56. The first-order valence-electron chi connectivity index (χ1n) is 7.60. The zero-order chi connectivity index (χ0) is 16.8. The standard InChI is InChI=1S/C19H17N3O2/c23-18(21-22-19(24)20-16-10-2-1-3-11-16)13-15-9-6-8-14-7-4-5-12-17(14)15/h1-12H,13H2,(H,21,23)(H2,20,22,24). The lowest BCUT2D eigenvalue weighted by molar-refractivity contribution is -0.121. The molecule has 0 heterocycles. The molecule has 3 rings (SSSR count). The predicted molar refractivity (Wildman–Crippen MR) is 94.4 cm³/mol. The van der Waals surface area contributed by atoms with Gasteiger partial charge in [-0.1, -0.05) is 60.7 Å². The van der Waals surface area contributed by atoms with Crippen LogP contribution in [0.15, 0.2) is 72.8 Å². The van der Waals surface area contributed by atoms with Crippen LogP contribution in [-0.4, -0.2) is 11.9 Å². The molecule has 0 atom stereocenters. The first-order valence-corrected chi connectivity index (χ1v) is 7.60. The number of nitrogens with one attached hydrogen (secondary N) is 3. The normalized spacial score (nSPS) is 10.2. The van der Waals surface area contributed by atoms with E-state index in [2.05, 4.69) is 16.2 Å². The molecular formula is C19H17N3O2. The van der Waals surface area contributed by atoms with E-state index >= 15 is 0 Å². The Labute approximate surface area is 139 Å². The largest absolute Gasteiger partial charge is 0.337 e. The van der Waals surface area contributed by atoms with Gasteiger partial charge in [0.15, 0.2) is 0 Å². The van der Waals surface area contributed by atoms with Crippen LogP contribution in [-0.2, 0) is 11.2 Å². The minimum absolute atomic E-state index is 0.187. The van der Waals surface area contributed by atoms with Gasteiger partial charge in [-0.3, -0.25) is 10.2 Å². The maximum Gasteiger partial charge on any atom is 0.337 e. The van der Waals surface area contributed by atoms with Crippen molar-refractivity contribution >= 4 is 28.4 Å². The second-order valence-electron chi connectivity index (χ2n) is 5.31. The molecule has 0 saturated heterocycles. The smallest absolute Gasteiger partial charge is 0.307 e. The monoisotopic (exact) mass is 319 g/mol. The summed E-state index contributed by atoms with van der Waals surface area (Å²) >= 11 is 0. The van der Waals surface area contributed by atoms with Gasteiger partial charge in [-0.15, -0.1) is 0 Å². The number of urea groups is 1. The second-order valence-corrected chi connectivity index (χ2v) is 5.31. The van der Waals surface area contributed by atoms with Gasteiger partial charge in [0.2, 0.25) is 5.91 Å². The summed E-state index contributed by atoms with van der Waals surface area (Å²) in [5, 5.41) is 4.74. The van der Waals surface area contributed by atoms with Crippen molar-refractivity contribution < 1.29 is 9.59 Å². The molecule has 3 aromatic rings. The number of hydrogen-bond acceptors (Lipinski definition) is 2. The molecule has 3 aromatic carbocycles. The van der Waals surface area contributed by atoms with E-state index in [0.717, 1.165) is 16.3 Å². The van der Waals surface area contributed by atoms with E-state index in [1.807, 2.05) is 60.7 Å². The molecule has 120 valence electrons. The third-order valence-corrected chi connectivity index (χ3v) is 3.58. The van der Waals surface area contributed by atoms with Crippen molar-refractivity contribution in [2.45, 2.75) is 6.42 Å². The fourth-order valence-corrected chi connectivity index (χ4v) is 2.47. The summed E-state index contributed by atoms with van der Waals surface area (Å²) in [6.45, 7) is 0. The fraction of sp³-hybridized carbons (Fsp3) is 0.0526. The number of para-hydroxylation sites is 1. The first kappa shape index (κ1) is 15.6. The van der Waals surface area contributed by atoms with Crippen LogP contribution >= 0.6 is 0 Å². The fourth-order valence-electron chi connectivity index (χ4n) is 2.47. The highest BCUT2D eigenvalue weighted by atomic mass is 16.2. The summed E-state index contributed by atoms with van der Waals surface area (Å²) < 4.78 is 0. The Bertz CT molecular complexity index is 857. The van der Waals surface area contributed by atoms with Gasteiger partial charge in [0.05, 0.1) is 6.42 Å². The zero-order valence-corrected chi connectivity index (χ0v) is 13.0. The van der Waals surface area contributed by atoms with Crippen molar-refractivity contribution in [3.63, 3.8) is 0 Å². The number of fused-ring (bicyclic) bond motifs is 1. The summed E-state index contributed by atoms with van der Waals surface area (Å²) in [6.07, 6.45) is 0.187. The van der Waals surface area contributed by atoms with Crippen LogP contribution in [0.3, 0.4) is 0 Å². The number of hydrogen-bond donors (Lipinski definition) is 3. The Morgan fingerprint density at radius 3 is 2.29 bits per heavy atom. The highest BCUT2D eigenvalue weighted by Gasteiger charge is 2.08. The maximum atomic E-state index is 12.1. The molecule has 0 unspecified atom stereocenters. The summed E-state index contributed by atoms with van der Waals surface area (Å²) in [4.78, 5) is 23.8. The van der Waals surface area contributed by atoms with E-state index in [-0.39, 0.29) is 12.3 Å². The van der Waals surface area contributed by atoms with Gasteiger partial charge in [0, 0.05) is 5.69 Å². The number of anilines is 1. The average molecular weight is 319 g/mol. The molecule has 0 fully saturated rings. The summed E-state index contributed by atoms with van der Waals surface area (Å²) in [5.41, 5.74) is 6.33. The highest BCUT2D eigenvalue weighted by Crippen LogP contribution is 2.18. The van der Waals surface area contributed by atoms with Crippen LogP contribution in [0.2, 0.25) is 0 Å². The van der Waals surface area contributed by atoms with Crippen molar-refractivity contribution in [3.8, 4) is 0 Å². The number of amides is 3. The molecule has 0 aromatic heterocycles. The molecule has 0 saturated carbocycles. The van der Waals surface area contributed by atoms with Crippen LogP contribution in [0.4, 0.5) is 10.5 Å². The van der Waals surface area contributed by atoms with E-state index in [4.69, 9.17) is 0 Å². The molecule has 0 bridgehead atoms. The Morgan fingerprint density at radius 2 is 1.46 bits per heavy atom. The number of rotatable bonds is 3. The summed E-state index contributed by atoms with van der Waals surface area (Å²) in [6, 6.07) is 22.2. The van der Waals surface area contributed by atoms with E-state index in [0.29, 0.717) is 5.69 Å². The van der Waals surface area contributed by atoms with Gasteiger partial charge >= 0.3 is 6.03 Å². The van der Waals surface area contributed by atoms with Gasteiger partial charge < -0.3 is 5.32 Å². The Kier molecular flexibility index (Phi) is 4.72. The Morgan fingerprint density at radius 1 is 0.750 bits per heavy atom. The van der Waals surface area contributed by atoms with Crippen molar-refractivity contribution in [2.75, 3.05) is 5.32 Å². The molecule has 5 heteroatoms. The molecule has 0 spiro atoms. The number of hydrazine groups is 1. The molecule has 0 aliphatic heterocycles. The minimum atomic E-state index is -0.493. The lowest BCUT2D eigenvalue weighted by Gasteiger charge is -2.10. The minimum Gasteiger partial charge on any atom is -0.307 e. The van der Waals surface area contributed by atoms with E-state index in [9.17, 15) is 9.59 Å². The molecule has 3 N–H and O–H groups in total. The van der Waals surface area contributed by atoms with Gasteiger partial charge in [-0.05, 0) is 28.5 Å². The van der Waals surface area contributed by atoms with Crippen molar-refractivity contribution in [2.24, 2.45) is 0 Å². The molecule has 0 radical (unpaired) electrons. The summed E-state index contributed by atoms with van der Waals surface area (Å²) in [5.74, 6) is -0.283. The summed E-state index contributed by atoms with van der Waals surface area (Å²) in [7, 11) is 0. The van der Waals surface area contributed by atoms with Crippen LogP contribution in [0.1, 0.15) is 5.56 Å². The van der Waals surface area contributed by atoms with Gasteiger partial charge in [-0.2, -0.15) is 0 Å². The highest BCUT2D eigenvalue weighted by molar-refractivity contribution is 5.93. The van der Waals surface area contributed by atoms with Gasteiger partial charge in [0.25, 0.3) is 0 Å². The lowest BCUT2D eigenvalue weighted by atomic mass is 10.0. The number of carbonyl (C=O) groups excluding carboxylic acids is 2. The molecule has 0 aliphatic rings. The zero-order valence-electron chi connectivity index (χ0n) is 13.0. The van der Waals surface area contributed by atoms with E-state index < -0.39 is 6.03 Å². The molecule has 0 aliphatic carbocycles. The third kappa shape index (κ3) is 3.89. The van der Waals surface area contributed by atoms with E-state index in [1.54, 1.807) is 12.1 Å². The average Bonchev–Trinajstić information content (AvgIpc) is 2.61. The molecule has 5 nitrogen and oxygen atoms in total. The molecule has 3 amide bonds. The van der Waals surface area contributed by atoms with Gasteiger partial charge in [0.1, 0.15) is 0 Å². The lowest BCUT2D eigenvalue weighted by Crippen LogP contribution is -2.44. The SMILES string of the molecule is O=C(Cc1cccc2ccccc12)NNC(=O)Nc1ccccc1. The van der Waals surface area contributed by atoms with Gasteiger partial charge in [-0.25, -0.2) is 10.2 Å². The van der Waals surface area contributed by atoms with Crippen LogP contribution in [0, 0.1) is 0 Å². The first-order chi connectivity index (χ1) is 11.7. The maximum absolute atomic E-state index is 12.1. The van der Waals surface area contributed by atoms with Crippen LogP contribution < -0.4 is 16.2 Å². The third-order valence-electron chi connectivity index (χ3n) is 3.58. The quantitative estimate of drug-likeness (QED) is 0.649. The van der Waals surface area contributed by atoms with Crippen LogP contribution in [0.25, 0.3) is 10.8 Å². The van der Waals surface area contributed by atoms with E-state index in [1.165, 1.54) is 0 Å². The predicted octanol–water partition coefficient (Wildman–Crippen LogP) is 3.24. The number of carbonyl (C=O) groups is 2.